The van der Waals surface area contributed by atoms with Crippen molar-refractivity contribution >= 4 is 50.8 Å². The molecule has 0 spiro atoms. The molecule has 1 saturated heterocycles. The molecule has 3 aromatic rings. The van der Waals surface area contributed by atoms with E-state index in [0.29, 0.717) is 18.0 Å². The number of benzene rings is 2. The number of rotatable bonds is 7. The van der Waals surface area contributed by atoms with Gasteiger partial charge in [0.2, 0.25) is 5.91 Å². The Hall–Kier alpha value is -2.90. The summed E-state index contributed by atoms with van der Waals surface area (Å²) in [5.41, 5.74) is 0.799. The molecule has 6 nitrogen and oxygen atoms in total. The molecular formula is C25H25ClN2O4S. The number of fused-ring (bicyclic) bond motifs is 1. The van der Waals surface area contributed by atoms with Crippen molar-refractivity contribution in [3.8, 4) is 0 Å². The summed E-state index contributed by atoms with van der Waals surface area (Å²) in [5, 5.41) is 3.64. The van der Waals surface area contributed by atoms with Crippen molar-refractivity contribution in [2.24, 2.45) is 0 Å². The second-order valence-corrected chi connectivity index (χ2v) is 9.75. The lowest BCUT2D eigenvalue weighted by atomic mass is 9.84. The molecule has 1 aromatic heterocycles. The van der Waals surface area contributed by atoms with Crippen molar-refractivity contribution in [3.05, 3.63) is 70.1 Å². The van der Waals surface area contributed by atoms with Crippen LogP contribution in [0.4, 0.5) is 0 Å². The van der Waals surface area contributed by atoms with Gasteiger partial charge in [-0.2, -0.15) is 0 Å². The molecule has 0 saturated carbocycles. The largest absolute Gasteiger partial charge is 0.444 e. The van der Waals surface area contributed by atoms with E-state index in [1.165, 1.54) is 11.8 Å². The number of nitrogens with zero attached hydrogens (tertiary/aromatic N) is 2. The van der Waals surface area contributed by atoms with E-state index < -0.39 is 11.5 Å². The second-order valence-electron chi connectivity index (χ2n) is 8.40. The number of hydrogen-bond acceptors (Lipinski definition) is 5. The number of halogens is 1. The summed E-state index contributed by atoms with van der Waals surface area (Å²) in [5.74, 6) is -0.815. The number of esters is 1. The lowest BCUT2D eigenvalue weighted by molar-refractivity contribution is -0.170. The minimum Gasteiger partial charge on any atom is -0.444 e. The summed E-state index contributed by atoms with van der Waals surface area (Å²) in [6.07, 6.45) is 0.791. The first-order valence-electron chi connectivity index (χ1n) is 10.7. The Morgan fingerprint density at radius 1 is 1.18 bits per heavy atom. The summed E-state index contributed by atoms with van der Waals surface area (Å²) in [7, 11) is 0. The summed E-state index contributed by atoms with van der Waals surface area (Å²) in [6, 6.07) is 15.2. The van der Waals surface area contributed by atoms with Crippen molar-refractivity contribution in [2.75, 3.05) is 13.3 Å². The lowest BCUT2D eigenvalue weighted by Crippen LogP contribution is -2.68. The van der Waals surface area contributed by atoms with Crippen LogP contribution in [0.2, 0.25) is 5.02 Å². The fraction of sp³-hybridized carbons (Fsp3) is 0.320. The van der Waals surface area contributed by atoms with Crippen LogP contribution in [0.5, 0.6) is 0 Å². The Kier molecular flexibility index (Phi) is 6.72. The van der Waals surface area contributed by atoms with Gasteiger partial charge in [0.15, 0.2) is 6.73 Å². The number of hydrogen-bond donors (Lipinski definition) is 0. The Labute approximate surface area is 201 Å². The molecule has 172 valence electrons. The number of amides is 2. The first-order chi connectivity index (χ1) is 15.8. The average molecular weight is 485 g/mol. The number of likely N-dealkylation sites (tertiary alicyclic amines) is 1. The predicted molar refractivity (Wildman–Crippen MR) is 129 cm³/mol. The minimum absolute atomic E-state index is 0.0872. The molecule has 1 fully saturated rings. The molecule has 0 radical (unpaired) electrons. The molecule has 0 N–H and O–H groups in total. The van der Waals surface area contributed by atoms with Crippen molar-refractivity contribution in [3.63, 3.8) is 0 Å². The van der Waals surface area contributed by atoms with E-state index in [9.17, 15) is 14.4 Å². The van der Waals surface area contributed by atoms with E-state index in [1.54, 1.807) is 41.4 Å². The van der Waals surface area contributed by atoms with Gasteiger partial charge in [-0.1, -0.05) is 41.9 Å². The molecular weight excluding hydrogens is 460 g/mol. The Morgan fingerprint density at radius 2 is 1.97 bits per heavy atom. The highest BCUT2D eigenvalue weighted by Crippen LogP contribution is 2.35. The zero-order valence-electron chi connectivity index (χ0n) is 18.5. The van der Waals surface area contributed by atoms with Crippen LogP contribution in [0, 0.1) is 0 Å². The fourth-order valence-electron chi connectivity index (χ4n) is 4.15. The van der Waals surface area contributed by atoms with Crippen molar-refractivity contribution in [2.45, 2.75) is 38.8 Å². The van der Waals surface area contributed by atoms with E-state index in [0.717, 1.165) is 21.2 Å². The van der Waals surface area contributed by atoms with Crippen LogP contribution >= 0.6 is 22.9 Å². The average Bonchev–Trinajstić information content (AvgIpc) is 3.17. The van der Waals surface area contributed by atoms with Gasteiger partial charge in [0, 0.05) is 29.7 Å². The number of carbonyl (C=O) groups excluding carboxylic acids is 3. The van der Waals surface area contributed by atoms with Crippen LogP contribution < -0.4 is 0 Å². The maximum absolute atomic E-state index is 13.6. The van der Waals surface area contributed by atoms with Crippen LogP contribution in [0.15, 0.2) is 53.9 Å². The topological polar surface area (TPSA) is 66.9 Å². The van der Waals surface area contributed by atoms with Gasteiger partial charge in [-0.3, -0.25) is 14.4 Å². The highest BCUT2D eigenvalue weighted by atomic mass is 35.5. The monoisotopic (exact) mass is 484 g/mol. The molecule has 1 aliphatic heterocycles. The lowest BCUT2D eigenvalue weighted by Gasteiger charge is -2.50. The standard InChI is InChI=1S/C25H25ClN2O4S/c1-17(29)32-16-27(14-18-6-5-7-20(26)12-18)24(31)25(2)10-11-28(25)23(30)13-19-15-33-22-9-4-3-8-21(19)22/h3-9,12,15H,10-11,13-14,16H2,1-2H3. The molecule has 0 aliphatic carbocycles. The van der Waals surface area contributed by atoms with E-state index in [-0.39, 0.29) is 31.5 Å². The van der Waals surface area contributed by atoms with E-state index in [1.807, 2.05) is 35.7 Å². The zero-order valence-corrected chi connectivity index (χ0v) is 20.1. The fourth-order valence-corrected chi connectivity index (χ4v) is 5.33. The Bertz CT molecular complexity index is 1210. The maximum atomic E-state index is 13.6. The predicted octanol–water partition coefficient (Wildman–Crippen LogP) is 4.64. The van der Waals surface area contributed by atoms with Crippen LogP contribution in [0.1, 0.15) is 31.4 Å². The van der Waals surface area contributed by atoms with Crippen molar-refractivity contribution < 1.29 is 19.1 Å². The van der Waals surface area contributed by atoms with Crippen LogP contribution in [0.3, 0.4) is 0 Å². The molecule has 0 bridgehead atoms. The van der Waals surface area contributed by atoms with E-state index >= 15 is 0 Å². The maximum Gasteiger partial charge on any atom is 0.304 e. The van der Waals surface area contributed by atoms with Crippen LogP contribution in [-0.2, 0) is 32.1 Å². The van der Waals surface area contributed by atoms with Gasteiger partial charge >= 0.3 is 5.97 Å². The summed E-state index contributed by atoms with van der Waals surface area (Å²) >= 11 is 7.71. The quantitative estimate of drug-likeness (QED) is 0.362. The molecule has 33 heavy (non-hydrogen) atoms. The van der Waals surface area contributed by atoms with Gasteiger partial charge < -0.3 is 14.5 Å². The molecule has 2 heterocycles. The third kappa shape index (κ3) is 4.89. The van der Waals surface area contributed by atoms with Crippen LogP contribution in [-0.4, -0.2) is 46.4 Å². The molecule has 1 unspecified atom stereocenters. The first kappa shape index (κ1) is 23.3. The first-order valence-corrected chi connectivity index (χ1v) is 12.0. The number of carbonyl (C=O) groups is 3. The molecule has 2 aromatic carbocycles. The van der Waals surface area contributed by atoms with Gasteiger partial charge in [-0.15, -0.1) is 11.3 Å². The highest BCUT2D eigenvalue weighted by Gasteiger charge is 2.51. The summed E-state index contributed by atoms with van der Waals surface area (Å²) in [4.78, 5) is 41.3. The Balaban J connectivity index is 1.52. The van der Waals surface area contributed by atoms with E-state index in [2.05, 4.69) is 0 Å². The van der Waals surface area contributed by atoms with Gasteiger partial charge in [0.1, 0.15) is 5.54 Å². The third-order valence-electron chi connectivity index (χ3n) is 6.06. The van der Waals surface area contributed by atoms with Gasteiger partial charge in [0.05, 0.1) is 6.42 Å². The minimum atomic E-state index is -0.984. The van der Waals surface area contributed by atoms with Crippen LogP contribution in [0.25, 0.3) is 10.1 Å². The van der Waals surface area contributed by atoms with Crippen molar-refractivity contribution in [1.29, 1.82) is 0 Å². The molecule has 2 amide bonds. The number of ether oxygens (including phenoxy) is 1. The normalized spacial score (nSPS) is 17.5. The third-order valence-corrected chi connectivity index (χ3v) is 7.30. The molecule has 8 heteroatoms. The SMILES string of the molecule is CC(=O)OCN(Cc1cccc(Cl)c1)C(=O)C1(C)CCN1C(=O)Cc1csc2ccccc12. The molecule has 1 atom stereocenters. The van der Waals surface area contributed by atoms with Crippen molar-refractivity contribution in [1.82, 2.24) is 9.80 Å². The zero-order chi connectivity index (χ0) is 23.6. The molecule has 1 aliphatic rings. The number of thiophene rings is 1. The highest BCUT2D eigenvalue weighted by molar-refractivity contribution is 7.17. The summed E-state index contributed by atoms with van der Waals surface area (Å²) < 4.78 is 6.29. The van der Waals surface area contributed by atoms with Gasteiger partial charge in [-0.25, -0.2) is 0 Å². The second kappa shape index (κ2) is 9.53. The van der Waals surface area contributed by atoms with E-state index in [4.69, 9.17) is 16.3 Å². The van der Waals surface area contributed by atoms with Gasteiger partial charge in [0.25, 0.3) is 5.91 Å². The smallest absolute Gasteiger partial charge is 0.304 e. The summed E-state index contributed by atoms with van der Waals surface area (Å²) in [6.45, 7) is 3.63. The molecule has 4 rings (SSSR count). The van der Waals surface area contributed by atoms with Gasteiger partial charge in [-0.05, 0) is 53.4 Å². The Morgan fingerprint density at radius 3 is 2.67 bits per heavy atom.